The molecule has 0 aliphatic rings. The van der Waals surface area contributed by atoms with Crippen LogP contribution in [0, 0.1) is 0 Å². The van der Waals surface area contributed by atoms with Gasteiger partial charge >= 0.3 is 0 Å². The minimum absolute atomic E-state index is 0.133. The summed E-state index contributed by atoms with van der Waals surface area (Å²) in [5.41, 5.74) is 2.60. The summed E-state index contributed by atoms with van der Waals surface area (Å²) in [6.45, 7) is 5.89. The predicted molar refractivity (Wildman–Crippen MR) is 108 cm³/mol. The lowest BCUT2D eigenvalue weighted by atomic mass is 10.1. The lowest BCUT2D eigenvalue weighted by Crippen LogP contribution is -2.17. The normalized spacial score (nSPS) is 11.1. The van der Waals surface area contributed by atoms with E-state index in [2.05, 4.69) is 26.9 Å². The van der Waals surface area contributed by atoms with Gasteiger partial charge in [0.2, 0.25) is 17.1 Å². The van der Waals surface area contributed by atoms with E-state index in [0.717, 1.165) is 11.1 Å². The second kappa shape index (κ2) is 8.43. The summed E-state index contributed by atoms with van der Waals surface area (Å²) < 4.78 is 6.72. The van der Waals surface area contributed by atoms with E-state index in [1.54, 1.807) is 22.1 Å². The Bertz CT molecular complexity index is 1060. The van der Waals surface area contributed by atoms with Crippen molar-refractivity contribution in [2.24, 2.45) is 5.10 Å². The molecular weight excluding hydrogens is 356 g/mol. The molecule has 1 aromatic carbocycles. The number of rotatable bonds is 7. The minimum Gasteiger partial charge on any atom is -0.339 e. The molecule has 3 aromatic rings. The Morgan fingerprint density at radius 2 is 2.18 bits per heavy atom. The van der Waals surface area contributed by atoms with E-state index in [1.165, 1.54) is 6.07 Å². The monoisotopic (exact) mass is 378 g/mol. The lowest BCUT2D eigenvalue weighted by Gasteiger charge is -2.08. The van der Waals surface area contributed by atoms with Crippen LogP contribution in [0.25, 0.3) is 17.1 Å². The number of benzene rings is 1. The Labute approximate surface area is 162 Å². The Morgan fingerprint density at radius 1 is 1.36 bits per heavy atom. The largest absolute Gasteiger partial charge is 0.339 e. The maximum Gasteiger partial charge on any atom is 0.226 e. The molecule has 144 valence electrons. The molecule has 0 saturated carbocycles. The molecule has 0 N–H and O–H groups in total. The van der Waals surface area contributed by atoms with Gasteiger partial charge in [0.25, 0.3) is 0 Å². The quantitative estimate of drug-likeness (QED) is 0.463. The number of nitrogens with zero attached hydrogens (tertiary/aromatic N) is 6. The fraction of sp³-hybridized carbons (Fsp3) is 0.250. The van der Waals surface area contributed by atoms with Gasteiger partial charge in [-0.3, -0.25) is 4.79 Å². The van der Waals surface area contributed by atoms with Gasteiger partial charge in [0, 0.05) is 44.8 Å². The molecule has 0 spiro atoms. The number of hydrogen-bond donors (Lipinski definition) is 0. The molecule has 8 nitrogen and oxygen atoms in total. The van der Waals surface area contributed by atoms with Gasteiger partial charge in [-0.25, -0.2) is 4.68 Å². The number of aryl methyl sites for hydroxylation is 1. The standard InChI is InChI=1S/C20H22N6O2/c1-5-19-22-20(24-28-19)16-8-6-7-15(11-16)12-17-18(27)9-10-26(23-17)14(2)13-21-25(3)4/h6-11,13H,2,5,12H2,1,3-4H3/b21-13-. The molecular formula is C20H22N6O2. The highest BCUT2D eigenvalue weighted by Crippen LogP contribution is 2.18. The van der Waals surface area contributed by atoms with Gasteiger partial charge in [0.15, 0.2) is 0 Å². The van der Waals surface area contributed by atoms with Crippen molar-refractivity contribution in [1.29, 1.82) is 0 Å². The van der Waals surface area contributed by atoms with Crippen molar-refractivity contribution in [2.45, 2.75) is 19.8 Å². The smallest absolute Gasteiger partial charge is 0.226 e. The molecule has 0 bridgehead atoms. The third-order valence-electron chi connectivity index (χ3n) is 3.94. The van der Waals surface area contributed by atoms with Crippen LogP contribution in [0.15, 0.2) is 57.5 Å². The topological polar surface area (TPSA) is 89.4 Å². The van der Waals surface area contributed by atoms with E-state index in [9.17, 15) is 4.79 Å². The molecule has 3 rings (SSSR count). The molecule has 0 unspecified atom stereocenters. The van der Waals surface area contributed by atoms with Crippen molar-refractivity contribution in [1.82, 2.24) is 24.9 Å². The van der Waals surface area contributed by atoms with Crippen molar-refractivity contribution >= 4 is 11.9 Å². The molecule has 0 aliphatic carbocycles. The van der Waals surface area contributed by atoms with E-state index < -0.39 is 0 Å². The molecule has 0 saturated heterocycles. The van der Waals surface area contributed by atoms with Gasteiger partial charge in [-0.1, -0.05) is 36.9 Å². The van der Waals surface area contributed by atoms with Crippen LogP contribution < -0.4 is 5.43 Å². The summed E-state index contributed by atoms with van der Waals surface area (Å²) in [5.74, 6) is 1.12. The minimum atomic E-state index is -0.133. The number of hydrazone groups is 1. The summed E-state index contributed by atoms with van der Waals surface area (Å²) >= 11 is 0. The van der Waals surface area contributed by atoms with E-state index in [-0.39, 0.29) is 5.43 Å². The first-order chi connectivity index (χ1) is 13.5. The molecule has 0 radical (unpaired) electrons. The number of hydrogen-bond acceptors (Lipinski definition) is 7. The second-order valence-electron chi connectivity index (χ2n) is 6.40. The molecule has 2 heterocycles. The van der Waals surface area contributed by atoms with Crippen molar-refractivity contribution in [3.05, 3.63) is 70.5 Å². The summed E-state index contributed by atoms with van der Waals surface area (Å²) in [6, 6.07) is 9.16. The van der Waals surface area contributed by atoms with Crippen LogP contribution in [0.3, 0.4) is 0 Å². The van der Waals surface area contributed by atoms with Gasteiger partial charge < -0.3 is 9.53 Å². The van der Waals surface area contributed by atoms with Crippen molar-refractivity contribution in [2.75, 3.05) is 14.1 Å². The zero-order valence-corrected chi connectivity index (χ0v) is 16.2. The Hall–Kier alpha value is -3.55. The van der Waals surface area contributed by atoms with Crippen molar-refractivity contribution in [3.8, 4) is 11.4 Å². The molecule has 0 fully saturated rings. The van der Waals surface area contributed by atoms with Gasteiger partial charge in [-0.15, -0.1) is 0 Å². The fourth-order valence-corrected chi connectivity index (χ4v) is 2.50. The molecule has 0 aliphatic heterocycles. The van der Waals surface area contributed by atoms with Crippen LogP contribution in [0.5, 0.6) is 0 Å². The van der Waals surface area contributed by atoms with Crippen LogP contribution >= 0.6 is 0 Å². The lowest BCUT2D eigenvalue weighted by molar-refractivity contribution is 0.383. The Kier molecular flexibility index (Phi) is 5.78. The predicted octanol–water partition coefficient (Wildman–Crippen LogP) is 2.46. The SMILES string of the molecule is C=C(/C=N\N(C)C)n1ccc(=O)c(Cc2cccc(-c3noc(CC)n3)c2)n1. The highest BCUT2D eigenvalue weighted by molar-refractivity contribution is 6.00. The maximum atomic E-state index is 12.3. The van der Waals surface area contributed by atoms with Crippen LogP contribution in [0.1, 0.15) is 24.1 Å². The van der Waals surface area contributed by atoms with Crippen molar-refractivity contribution in [3.63, 3.8) is 0 Å². The third kappa shape index (κ3) is 4.59. The average molecular weight is 378 g/mol. The second-order valence-corrected chi connectivity index (χ2v) is 6.40. The van der Waals surface area contributed by atoms with E-state index >= 15 is 0 Å². The maximum absolute atomic E-state index is 12.3. The van der Waals surface area contributed by atoms with Crippen LogP contribution in [-0.2, 0) is 12.8 Å². The van der Waals surface area contributed by atoms with Gasteiger partial charge in [-0.2, -0.15) is 15.2 Å². The summed E-state index contributed by atoms with van der Waals surface area (Å²) in [4.78, 5) is 16.6. The van der Waals surface area contributed by atoms with Crippen LogP contribution in [0.4, 0.5) is 0 Å². The van der Waals surface area contributed by atoms with E-state index in [0.29, 0.717) is 35.9 Å². The summed E-state index contributed by atoms with van der Waals surface area (Å²) in [6.07, 6.45) is 4.23. The van der Waals surface area contributed by atoms with Gasteiger partial charge in [-0.05, 0) is 11.6 Å². The Morgan fingerprint density at radius 3 is 2.89 bits per heavy atom. The van der Waals surface area contributed by atoms with Crippen molar-refractivity contribution < 1.29 is 4.52 Å². The van der Waals surface area contributed by atoms with Crippen LogP contribution in [0.2, 0.25) is 0 Å². The zero-order chi connectivity index (χ0) is 20.1. The number of allylic oxidation sites excluding steroid dienone is 1. The first kappa shape index (κ1) is 19.2. The van der Waals surface area contributed by atoms with Gasteiger partial charge in [0.1, 0.15) is 5.69 Å². The molecule has 2 aromatic heterocycles. The van der Waals surface area contributed by atoms with Gasteiger partial charge in [0.05, 0.1) is 11.9 Å². The zero-order valence-electron chi connectivity index (χ0n) is 16.2. The van der Waals surface area contributed by atoms with E-state index in [4.69, 9.17) is 4.52 Å². The highest BCUT2D eigenvalue weighted by Gasteiger charge is 2.10. The number of aromatic nitrogens is 4. The summed E-state index contributed by atoms with van der Waals surface area (Å²) in [7, 11) is 3.63. The fourth-order valence-electron chi connectivity index (χ4n) is 2.50. The van der Waals surface area contributed by atoms with E-state index in [1.807, 2.05) is 45.3 Å². The molecule has 28 heavy (non-hydrogen) atoms. The summed E-state index contributed by atoms with van der Waals surface area (Å²) in [5, 5.41) is 14.2. The first-order valence-corrected chi connectivity index (χ1v) is 8.87. The molecule has 0 amide bonds. The molecule has 8 heteroatoms. The average Bonchev–Trinajstić information content (AvgIpc) is 3.17. The highest BCUT2D eigenvalue weighted by atomic mass is 16.5. The Balaban J connectivity index is 1.85. The third-order valence-corrected chi connectivity index (χ3v) is 3.94. The van der Waals surface area contributed by atoms with Crippen LogP contribution in [-0.4, -0.2) is 45.2 Å². The first-order valence-electron chi connectivity index (χ1n) is 8.87. The molecule has 0 atom stereocenters.